The molecule has 0 spiro atoms. The molecule has 1 aliphatic rings. The van der Waals surface area contributed by atoms with Gasteiger partial charge in [-0.15, -0.1) is 0 Å². The Morgan fingerprint density at radius 2 is 1.69 bits per heavy atom. The molecule has 0 aromatic rings. The molecule has 0 heterocycles. The largest absolute Gasteiger partial charge is 0.390 e. The highest BCUT2D eigenvalue weighted by atomic mass is 19.4. The van der Waals surface area contributed by atoms with E-state index >= 15 is 0 Å². The summed E-state index contributed by atoms with van der Waals surface area (Å²) in [6.45, 7) is 5.66. The lowest BCUT2D eigenvalue weighted by atomic mass is 9.85. The van der Waals surface area contributed by atoms with E-state index in [0.29, 0.717) is 5.92 Å². The van der Waals surface area contributed by atoms with Gasteiger partial charge in [0, 0.05) is 11.6 Å². The number of rotatable bonds is 4. The molecule has 1 N–H and O–H groups in total. The molecule has 1 unspecified atom stereocenters. The first-order chi connectivity index (χ1) is 7.21. The highest BCUT2D eigenvalue weighted by molar-refractivity contribution is 4.90. The van der Waals surface area contributed by atoms with Crippen molar-refractivity contribution in [3.05, 3.63) is 0 Å². The van der Waals surface area contributed by atoms with Crippen molar-refractivity contribution in [1.82, 2.24) is 5.32 Å². The summed E-state index contributed by atoms with van der Waals surface area (Å²) in [5.41, 5.74) is -0.179. The number of halogens is 3. The van der Waals surface area contributed by atoms with Gasteiger partial charge in [0.15, 0.2) is 0 Å². The summed E-state index contributed by atoms with van der Waals surface area (Å²) in [5, 5.41) is 3.13. The van der Waals surface area contributed by atoms with Gasteiger partial charge >= 0.3 is 6.18 Å². The molecule has 0 saturated heterocycles. The normalized spacial score (nSPS) is 21.4. The monoisotopic (exact) mass is 237 g/mol. The molecule has 96 valence electrons. The first-order valence-electron chi connectivity index (χ1n) is 6.05. The molecule has 1 aliphatic carbocycles. The summed E-state index contributed by atoms with van der Waals surface area (Å²) in [6, 6.07) is -0.504. The Bertz CT molecular complexity index is 217. The van der Waals surface area contributed by atoms with E-state index in [1.807, 2.05) is 13.8 Å². The quantitative estimate of drug-likeness (QED) is 0.782. The van der Waals surface area contributed by atoms with Gasteiger partial charge in [0.2, 0.25) is 0 Å². The number of hydrogen-bond acceptors (Lipinski definition) is 1. The maximum absolute atomic E-state index is 12.2. The second kappa shape index (κ2) is 4.94. The van der Waals surface area contributed by atoms with Gasteiger partial charge in [-0.3, -0.25) is 0 Å². The van der Waals surface area contributed by atoms with E-state index in [1.54, 1.807) is 6.92 Å². The van der Waals surface area contributed by atoms with Gasteiger partial charge in [-0.1, -0.05) is 12.8 Å². The molecular weight excluding hydrogens is 215 g/mol. The minimum atomic E-state index is -4.07. The van der Waals surface area contributed by atoms with Crippen LogP contribution in [0.25, 0.3) is 0 Å². The summed E-state index contributed by atoms with van der Waals surface area (Å²) in [7, 11) is 0. The minimum absolute atomic E-state index is 0.179. The Balaban J connectivity index is 2.44. The van der Waals surface area contributed by atoms with E-state index in [1.165, 1.54) is 12.8 Å². The van der Waals surface area contributed by atoms with Crippen LogP contribution in [0.5, 0.6) is 0 Å². The molecule has 0 aliphatic heterocycles. The van der Waals surface area contributed by atoms with Crippen LogP contribution in [-0.4, -0.2) is 17.8 Å². The lowest BCUT2D eigenvalue weighted by molar-refractivity contribution is -0.140. The van der Waals surface area contributed by atoms with Crippen LogP contribution < -0.4 is 5.32 Å². The standard InChI is InChI=1S/C12H22F3N/c1-9(8-12(13,14)15)16-11(2,3)10-6-4-5-7-10/h9-10,16H,4-8H2,1-3H3. The number of nitrogens with one attached hydrogen (secondary N) is 1. The molecule has 4 heteroatoms. The average molecular weight is 237 g/mol. The van der Waals surface area contributed by atoms with Crippen molar-refractivity contribution in [3.63, 3.8) is 0 Å². The van der Waals surface area contributed by atoms with Gasteiger partial charge in [0.1, 0.15) is 0 Å². The molecule has 1 nitrogen and oxygen atoms in total. The first-order valence-corrected chi connectivity index (χ1v) is 6.05. The number of alkyl halides is 3. The van der Waals surface area contributed by atoms with Crippen LogP contribution in [-0.2, 0) is 0 Å². The summed E-state index contributed by atoms with van der Waals surface area (Å²) < 4.78 is 36.7. The predicted octanol–water partition coefficient (Wildman–Crippen LogP) is 3.89. The summed E-state index contributed by atoms with van der Waals surface area (Å²) in [4.78, 5) is 0. The zero-order valence-corrected chi connectivity index (χ0v) is 10.3. The summed E-state index contributed by atoms with van der Waals surface area (Å²) in [6.07, 6.45) is -0.119. The van der Waals surface area contributed by atoms with E-state index in [9.17, 15) is 13.2 Å². The second-order valence-corrected chi connectivity index (χ2v) is 5.57. The van der Waals surface area contributed by atoms with Crippen LogP contribution in [0.4, 0.5) is 13.2 Å². The molecule has 16 heavy (non-hydrogen) atoms. The fourth-order valence-corrected chi connectivity index (χ4v) is 2.80. The number of hydrogen-bond donors (Lipinski definition) is 1. The molecule has 0 radical (unpaired) electrons. The van der Waals surface area contributed by atoms with Crippen molar-refractivity contribution >= 4 is 0 Å². The average Bonchev–Trinajstić information content (AvgIpc) is 2.49. The topological polar surface area (TPSA) is 12.0 Å². The van der Waals surface area contributed by atoms with Crippen LogP contribution in [0, 0.1) is 5.92 Å². The van der Waals surface area contributed by atoms with Gasteiger partial charge in [-0.25, -0.2) is 0 Å². The van der Waals surface area contributed by atoms with Gasteiger partial charge < -0.3 is 5.32 Å². The molecule has 0 bridgehead atoms. The SMILES string of the molecule is CC(CC(F)(F)F)NC(C)(C)C1CCCC1. The van der Waals surface area contributed by atoms with E-state index in [0.717, 1.165) is 12.8 Å². The van der Waals surface area contributed by atoms with Crippen molar-refractivity contribution in [2.75, 3.05) is 0 Å². The Morgan fingerprint density at radius 3 is 2.12 bits per heavy atom. The lowest BCUT2D eigenvalue weighted by Gasteiger charge is -2.36. The Labute approximate surface area is 95.8 Å². The molecule has 1 atom stereocenters. The van der Waals surface area contributed by atoms with Crippen LogP contribution in [0.2, 0.25) is 0 Å². The van der Waals surface area contributed by atoms with E-state index in [4.69, 9.17) is 0 Å². The summed E-state index contributed by atoms with van der Waals surface area (Å²) >= 11 is 0. The van der Waals surface area contributed by atoms with Gasteiger partial charge in [0.05, 0.1) is 6.42 Å². The fraction of sp³-hybridized carbons (Fsp3) is 1.00. The molecule has 0 aromatic carbocycles. The Kier molecular flexibility index (Phi) is 4.27. The first kappa shape index (κ1) is 13.8. The van der Waals surface area contributed by atoms with Crippen molar-refractivity contribution in [2.24, 2.45) is 5.92 Å². The zero-order chi connectivity index (χ0) is 12.4. The summed E-state index contributed by atoms with van der Waals surface area (Å²) in [5.74, 6) is 0.517. The minimum Gasteiger partial charge on any atom is -0.309 e. The van der Waals surface area contributed by atoms with E-state index in [-0.39, 0.29) is 5.54 Å². The molecule has 1 rings (SSSR count). The molecule has 0 aromatic heterocycles. The van der Waals surface area contributed by atoms with Crippen LogP contribution in [0.1, 0.15) is 52.9 Å². The van der Waals surface area contributed by atoms with Gasteiger partial charge in [-0.05, 0) is 39.5 Å². The molecular formula is C12H22F3N. The lowest BCUT2D eigenvalue weighted by Crippen LogP contribution is -2.50. The van der Waals surface area contributed by atoms with Crippen LogP contribution in [0.15, 0.2) is 0 Å². The van der Waals surface area contributed by atoms with Crippen molar-refractivity contribution in [3.8, 4) is 0 Å². The third-order valence-corrected chi connectivity index (χ3v) is 3.53. The van der Waals surface area contributed by atoms with Crippen LogP contribution in [0.3, 0.4) is 0 Å². The second-order valence-electron chi connectivity index (χ2n) is 5.57. The molecule has 1 fully saturated rings. The van der Waals surface area contributed by atoms with Crippen molar-refractivity contribution < 1.29 is 13.2 Å². The van der Waals surface area contributed by atoms with E-state index in [2.05, 4.69) is 5.32 Å². The maximum Gasteiger partial charge on any atom is 0.390 e. The third kappa shape index (κ3) is 4.32. The van der Waals surface area contributed by atoms with Crippen LogP contribution >= 0.6 is 0 Å². The zero-order valence-electron chi connectivity index (χ0n) is 10.3. The van der Waals surface area contributed by atoms with Crippen molar-refractivity contribution in [1.29, 1.82) is 0 Å². The third-order valence-electron chi connectivity index (χ3n) is 3.53. The smallest absolute Gasteiger partial charge is 0.309 e. The predicted molar refractivity (Wildman–Crippen MR) is 59.3 cm³/mol. The van der Waals surface area contributed by atoms with Crippen molar-refractivity contribution in [2.45, 2.75) is 70.6 Å². The molecule has 0 amide bonds. The highest BCUT2D eigenvalue weighted by Crippen LogP contribution is 2.34. The Hall–Kier alpha value is -0.250. The van der Waals surface area contributed by atoms with Gasteiger partial charge in [-0.2, -0.15) is 13.2 Å². The maximum atomic E-state index is 12.2. The van der Waals surface area contributed by atoms with E-state index < -0.39 is 18.6 Å². The van der Waals surface area contributed by atoms with Gasteiger partial charge in [0.25, 0.3) is 0 Å². The fourth-order valence-electron chi connectivity index (χ4n) is 2.80. The molecule has 1 saturated carbocycles. The Morgan fingerprint density at radius 1 is 1.19 bits per heavy atom. The highest BCUT2D eigenvalue weighted by Gasteiger charge is 2.36.